The highest BCUT2D eigenvalue weighted by atomic mass is 79.9. The number of benzene rings is 1. The summed E-state index contributed by atoms with van der Waals surface area (Å²) in [5, 5.41) is 2.86. The van der Waals surface area contributed by atoms with Crippen molar-refractivity contribution in [3.05, 3.63) is 34.1 Å². The summed E-state index contributed by atoms with van der Waals surface area (Å²) in [6.07, 6.45) is 3.10. The second-order valence-electron chi connectivity index (χ2n) is 5.89. The van der Waals surface area contributed by atoms with Crippen molar-refractivity contribution < 1.29 is 9.18 Å². The highest BCUT2D eigenvalue weighted by Gasteiger charge is 2.39. The Kier molecular flexibility index (Phi) is 4.29. The summed E-state index contributed by atoms with van der Waals surface area (Å²) in [6.45, 7) is 4.50. The fraction of sp³-hybridized carbons (Fsp3) is 0.533. The molecule has 4 heteroatoms. The van der Waals surface area contributed by atoms with Gasteiger partial charge in [-0.15, -0.1) is 0 Å². The maximum absolute atomic E-state index is 13.6. The zero-order valence-electron chi connectivity index (χ0n) is 11.3. The summed E-state index contributed by atoms with van der Waals surface area (Å²) >= 11 is 3.31. The van der Waals surface area contributed by atoms with Crippen LogP contribution < -0.4 is 5.32 Å². The number of carbonyl (C=O) groups excluding carboxylic acids is 1. The number of rotatable bonds is 3. The highest BCUT2D eigenvalue weighted by Crippen LogP contribution is 2.42. The van der Waals surface area contributed by atoms with Crippen LogP contribution in [0, 0.1) is 17.2 Å². The molecule has 0 heterocycles. The van der Waals surface area contributed by atoms with Crippen LogP contribution in [0.5, 0.6) is 0 Å². The van der Waals surface area contributed by atoms with E-state index in [1.54, 1.807) is 12.1 Å². The molecule has 0 aromatic heterocycles. The van der Waals surface area contributed by atoms with E-state index in [-0.39, 0.29) is 29.6 Å². The molecule has 2 nitrogen and oxygen atoms in total. The molecule has 1 saturated carbocycles. The molecule has 0 saturated heterocycles. The number of hydrogen-bond acceptors (Lipinski definition) is 1. The number of hydrogen-bond donors (Lipinski definition) is 1. The lowest BCUT2D eigenvalue weighted by Crippen LogP contribution is -2.35. The summed E-state index contributed by atoms with van der Waals surface area (Å²) in [7, 11) is 0. The first-order valence-electron chi connectivity index (χ1n) is 6.62. The largest absolute Gasteiger partial charge is 0.352 e. The summed E-state index contributed by atoms with van der Waals surface area (Å²) in [4.78, 5) is 12.2. The minimum absolute atomic E-state index is 0.0434. The third-order valence-electron chi connectivity index (χ3n) is 4.03. The lowest BCUT2D eigenvalue weighted by Gasteiger charge is -2.25. The zero-order chi connectivity index (χ0) is 14.0. The maximum atomic E-state index is 13.6. The van der Waals surface area contributed by atoms with Gasteiger partial charge in [0.15, 0.2) is 0 Å². The highest BCUT2D eigenvalue weighted by molar-refractivity contribution is 9.10. The fourth-order valence-corrected chi connectivity index (χ4v) is 3.21. The molecule has 0 spiro atoms. The molecule has 1 N–H and O–H groups in total. The molecule has 1 amide bonds. The van der Waals surface area contributed by atoms with Gasteiger partial charge in [0.05, 0.1) is 0 Å². The van der Waals surface area contributed by atoms with Gasteiger partial charge in [0.25, 0.3) is 0 Å². The van der Waals surface area contributed by atoms with Crippen LogP contribution >= 0.6 is 15.9 Å². The molecule has 1 aliphatic rings. The van der Waals surface area contributed by atoms with Crippen molar-refractivity contribution in [1.82, 2.24) is 5.32 Å². The van der Waals surface area contributed by atoms with Gasteiger partial charge in [-0.2, -0.15) is 0 Å². The van der Waals surface area contributed by atoms with Crippen LogP contribution in [0.25, 0.3) is 0 Å². The third-order valence-corrected chi connectivity index (χ3v) is 4.53. The van der Waals surface area contributed by atoms with Gasteiger partial charge < -0.3 is 5.32 Å². The molecule has 1 aromatic carbocycles. The van der Waals surface area contributed by atoms with Crippen LogP contribution in [0.15, 0.2) is 22.7 Å². The van der Waals surface area contributed by atoms with Gasteiger partial charge in [-0.05, 0) is 36.5 Å². The van der Waals surface area contributed by atoms with Crippen molar-refractivity contribution in [2.24, 2.45) is 11.3 Å². The predicted octanol–water partition coefficient (Wildman–Crippen LogP) is 4.03. The molecule has 104 valence electrons. The smallest absolute Gasteiger partial charge is 0.223 e. The third kappa shape index (κ3) is 3.35. The molecular weight excluding hydrogens is 309 g/mol. The first kappa shape index (κ1) is 14.5. The molecule has 1 aliphatic carbocycles. The summed E-state index contributed by atoms with van der Waals surface area (Å²) in [6, 6.07) is 4.77. The number of carbonyl (C=O) groups is 1. The first-order chi connectivity index (χ1) is 8.90. The number of nitrogens with one attached hydrogen (secondary N) is 1. The predicted molar refractivity (Wildman–Crippen MR) is 77.1 cm³/mol. The van der Waals surface area contributed by atoms with E-state index in [2.05, 4.69) is 35.1 Å². The quantitative estimate of drug-likeness (QED) is 0.892. The molecule has 1 unspecified atom stereocenters. The van der Waals surface area contributed by atoms with Crippen LogP contribution in [0.1, 0.15) is 38.7 Å². The first-order valence-corrected chi connectivity index (χ1v) is 7.41. The Balaban J connectivity index is 1.99. The summed E-state index contributed by atoms with van der Waals surface area (Å²) in [5.41, 5.74) is 0.568. The Morgan fingerprint density at radius 2 is 2.26 bits per heavy atom. The molecule has 1 fully saturated rings. The van der Waals surface area contributed by atoms with Crippen molar-refractivity contribution >= 4 is 21.8 Å². The second kappa shape index (κ2) is 5.61. The van der Waals surface area contributed by atoms with E-state index in [4.69, 9.17) is 0 Å². The van der Waals surface area contributed by atoms with Gasteiger partial charge in [0.2, 0.25) is 5.91 Å². The van der Waals surface area contributed by atoms with Gasteiger partial charge in [0, 0.05) is 22.5 Å². The zero-order valence-corrected chi connectivity index (χ0v) is 12.9. The van der Waals surface area contributed by atoms with Crippen molar-refractivity contribution in [3.8, 4) is 0 Å². The van der Waals surface area contributed by atoms with Crippen molar-refractivity contribution in [2.45, 2.75) is 39.7 Å². The van der Waals surface area contributed by atoms with Gasteiger partial charge in [0.1, 0.15) is 5.82 Å². The molecule has 0 bridgehead atoms. The van der Waals surface area contributed by atoms with Gasteiger partial charge in [-0.25, -0.2) is 4.39 Å². The molecular formula is C15H19BrFNO. The fourth-order valence-electron chi connectivity index (χ4n) is 2.80. The molecule has 0 aliphatic heterocycles. The maximum Gasteiger partial charge on any atom is 0.223 e. The van der Waals surface area contributed by atoms with E-state index >= 15 is 0 Å². The van der Waals surface area contributed by atoms with E-state index in [1.807, 2.05) is 0 Å². The van der Waals surface area contributed by atoms with Crippen LogP contribution in [0.3, 0.4) is 0 Å². The SMILES string of the molecule is CC1(C)CCCC1C(=O)NCc1cc(Br)ccc1F. The van der Waals surface area contributed by atoms with Gasteiger partial charge in [-0.1, -0.05) is 36.2 Å². The average Bonchev–Trinajstić information content (AvgIpc) is 2.70. The van der Waals surface area contributed by atoms with Crippen LogP contribution in [-0.2, 0) is 11.3 Å². The normalized spacial score (nSPS) is 21.4. The molecule has 1 aromatic rings. The minimum Gasteiger partial charge on any atom is -0.352 e. The van der Waals surface area contributed by atoms with E-state index in [1.165, 1.54) is 6.07 Å². The van der Waals surface area contributed by atoms with Crippen molar-refractivity contribution in [3.63, 3.8) is 0 Å². The van der Waals surface area contributed by atoms with Crippen LogP contribution in [0.4, 0.5) is 4.39 Å². The second-order valence-corrected chi connectivity index (χ2v) is 6.80. The van der Waals surface area contributed by atoms with Crippen LogP contribution in [0.2, 0.25) is 0 Å². The Morgan fingerprint density at radius 1 is 1.53 bits per heavy atom. The van der Waals surface area contributed by atoms with E-state index < -0.39 is 0 Å². The van der Waals surface area contributed by atoms with E-state index in [9.17, 15) is 9.18 Å². The minimum atomic E-state index is -0.283. The van der Waals surface area contributed by atoms with E-state index in [0.29, 0.717) is 5.56 Å². The van der Waals surface area contributed by atoms with Gasteiger partial charge >= 0.3 is 0 Å². The summed E-state index contributed by atoms with van der Waals surface area (Å²) < 4.78 is 14.4. The lowest BCUT2D eigenvalue weighted by molar-refractivity contribution is -0.127. The Morgan fingerprint density at radius 3 is 2.89 bits per heavy atom. The van der Waals surface area contributed by atoms with Crippen molar-refractivity contribution in [1.29, 1.82) is 0 Å². The van der Waals surface area contributed by atoms with Crippen molar-refractivity contribution in [2.75, 3.05) is 0 Å². The Hall–Kier alpha value is -0.900. The monoisotopic (exact) mass is 327 g/mol. The Labute approximate surface area is 121 Å². The van der Waals surface area contributed by atoms with Crippen LogP contribution in [-0.4, -0.2) is 5.91 Å². The standard InChI is InChI=1S/C15H19BrFNO/c1-15(2)7-3-4-12(15)14(19)18-9-10-8-11(16)5-6-13(10)17/h5-6,8,12H,3-4,7,9H2,1-2H3,(H,18,19). The average molecular weight is 328 g/mol. The number of halogens is 2. The molecule has 2 rings (SSSR count). The van der Waals surface area contributed by atoms with E-state index in [0.717, 1.165) is 23.7 Å². The Bertz CT molecular complexity index is 487. The molecule has 1 atom stereocenters. The molecule has 0 radical (unpaired) electrons. The topological polar surface area (TPSA) is 29.1 Å². The molecule has 19 heavy (non-hydrogen) atoms. The summed E-state index contributed by atoms with van der Waals surface area (Å²) in [5.74, 6) is -0.196. The lowest BCUT2D eigenvalue weighted by atomic mass is 9.81. The van der Waals surface area contributed by atoms with Gasteiger partial charge in [-0.3, -0.25) is 4.79 Å². The number of amides is 1.